The van der Waals surface area contributed by atoms with Gasteiger partial charge in [0.2, 0.25) is 11.0 Å². The largest absolute Gasteiger partial charge is 0.311 e. The number of aryl methyl sites for hydroxylation is 2. The summed E-state index contributed by atoms with van der Waals surface area (Å²) < 4.78 is 0. The van der Waals surface area contributed by atoms with Crippen LogP contribution in [0.1, 0.15) is 38.8 Å². The number of rotatable bonds is 4. The van der Waals surface area contributed by atoms with Crippen LogP contribution in [0.15, 0.2) is 48.5 Å². The van der Waals surface area contributed by atoms with Gasteiger partial charge in [-0.1, -0.05) is 47.2 Å². The smallest absolute Gasteiger partial charge is 0.257 e. The number of benzene rings is 2. The van der Waals surface area contributed by atoms with E-state index in [1.807, 2.05) is 55.1 Å². The molecule has 0 aliphatic carbocycles. The summed E-state index contributed by atoms with van der Waals surface area (Å²) in [6.45, 7) is 4.55. The zero-order valence-electron chi connectivity index (χ0n) is 15.7. The fourth-order valence-corrected chi connectivity index (χ4v) is 4.13. The standard InChI is InChI=1S/C21H20N4O2S/c1-13-7-9-15(10-8-13)19(27)22-21-24-23-20(28-21)16-11-18(26)25(12-16)17-6-4-3-5-14(17)2/h3-10,16H,11-12H2,1-2H3,(H,22,24,27)/t16-/m0/s1. The second-order valence-corrected chi connectivity index (χ2v) is 7.97. The van der Waals surface area contributed by atoms with E-state index in [0.29, 0.717) is 23.7 Å². The highest BCUT2D eigenvalue weighted by atomic mass is 32.1. The van der Waals surface area contributed by atoms with Gasteiger partial charge in [-0.25, -0.2) is 0 Å². The highest BCUT2D eigenvalue weighted by Gasteiger charge is 2.34. The van der Waals surface area contributed by atoms with Crippen molar-refractivity contribution in [1.82, 2.24) is 10.2 Å². The van der Waals surface area contributed by atoms with Crippen molar-refractivity contribution in [3.8, 4) is 0 Å². The van der Waals surface area contributed by atoms with Crippen LogP contribution in [0.4, 0.5) is 10.8 Å². The van der Waals surface area contributed by atoms with E-state index in [4.69, 9.17) is 0 Å². The molecule has 1 fully saturated rings. The number of amides is 2. The predicted octanol–water partition coefficient (Wildman–Crippen LogP) is 3.93. The average Bonchev–Trinajstić information content (AvgIpc) is 3.29. The Balaban J connectivity index is 1.46. The molecular weight excluding hydrogens is 372 g/mol. The van der Waals surface area contributed by atoms with Gasteiger partial charge in [-0.3, -0.25) is 14.9 Å². The first-order valence-electron chi connectivity index (χ1n) is 9.08. The van der Waals surface area contributed by atoms with Crippen molar-refractivity contribution in [2.45, 2.75) is 26.2 Å². The fourth-order valence-electron chi connectivity index (χ4n) is 3.30. The normalized spacial score (nSPS) is 16.4. The summed E-state index contributed by atoms with van der Waals surface area (Å²) in [6.07, 6.45) is 0.398. The fraction of sp³-hybridized carbons (Fsp3) is 0.238. The van der Waals surface area contributed by atoms with E-state index >= 15 is 0 Å². The van der Waals surface area contributed by atoms with Gasteiger partial charge in [0.1, 0.15) is 5.01 Å². The molecule has 1 aliphatic rings. The Morgan fingerprint density at radius 2 is 1.86 bits per heavy atom. The average molecular weight is 392 g/mol. The van der Waals surface area contributed by atoms with Crippen LogP contribution >= 0.6 is 11.3 Å². The van der Waals surface area contributed by atoms with Crippen LogP contribution in [-0.2, 0) is 4.79 Å². The van der Waals surface area contributed by atoms with Crippen LogP contribution in [0.2, 0.25) is 0 Å². The van der Waals surface area contributed by atoms with E-state index in [-0.39, 0.29) is 17.7 Å². The molecule has 1 saturated heterocycles. The maximum atomic E-state index is 12.5. The first-order valence-corrected chi connectivity index (χ1v) is 9.90. The van der Waals surface area contributed by atoms with E-state index in [9.17, 15) is 9.59 Å². The SMILES string of the molecule is Cc1ccc(C(=O)Nc2nnc([C@H]3CC(=O)N(c4ccccc4C)C3)s2)cc1. The minimum atomic E-state index is -0.216. The Labute approximate surface area is 167 Å². The topological polar surface area (TPSA) is 75.2 Å². The quantitative estimate of drug-likeness (QED) is 0.730. The Hall–Kier alpha value is -3.06. The maximum absolute atomic E-state index is 12.5. The maximum Gasteiger partial charge on any atom is 0.257 e. The zero-order chi connectivity index (χ0) is 19.7. The molecule has 0 radical (unpaired) electrons. The van der Waals surface area contributed by atoms with Gasteiger partial charge in [0.15, 0.2) is 0 Å². The number of nitrogens with zero attached hydrogens (tertiary/aromatic N) is 3. The van der Waals surface area contributed by atoms with Gasteiger partial charge in [-0.2, -0.15) is 0 Å². The van der Waals surface area contributed by atoms with Crippen molar-refractivity contribution in [3.05, 3.63) is 70.2 Å². The summed E-state index contributed by atoms with van der Waals surface area (Å²) in [5.74, 6) is -0.152. The summed E-state index contributed by atoms with van der Waals surface area (Å²) in [6, 6.07) is 15.2. The van der Waals surface area contributed by atoms with Crippen LogP contribution in [0, 0.1) is 13.8 Å². The van der Waals surface area contributed by atoms with E-state index in [1.54, 1.807) is 12.1 Å². The molecule has 7 heteroatoms. The highest BCUT2D eigenvalue weighted by molar-refractivity contribution is 7.15. The van der Waals surface area contributed by atoms with Gasteiger partial charge in [0.05, 0.1) is 0 Å². The second kappa shape index (κ2) is 7.52. The molecular formula is C21H20N4O2S. The number of nitrogens with one attached hydrogen (secondary N) is 1. The minimum Gasteiger partial charge on any atom is -0.311 e. The van der Waals surface area contributed by atoms with Crippen LogP contribution < -0.4 is 10.2 Å². The Bertz CT molecular complexity index is 1030. The molecule has 0 spiro atoms. The van der Waals surface area contributed by atoms with E-state index < -0.39 is 0 Å². The molecule has 1 N–H and O–H groups in total. The van der Waals surface area contributed by atoms with Crippen molar-refractivity contribution < 1.29 is 9.59 Å². The molecule has 2 aromatic carbocycles. The lowest BCUT2D eigenvalue weighted by molar-refractivity contribution is -0.117. The van der Waals surface area contributed by atoms with E-state index in [2.05, 4.69) is 15.5 Å². The lowest BCUT2D eigenvalue weighted by atomic mass is 10.1. The molecule has 1 aromatic heterocycles. The van der Waals surface area contributed by atoms with Crippen LogP contribution in [0.25, 0.3) is 0 Å². The van der Waals surface area contributed by atoms with Crippen molar-refractivity contribution in [2.24, 2.45) is 0 Å². The van der Waals surface area contributed by atoms with Gasteiger partial charge >= 0.3 is 0 Å². The van der Waals surface area contributed by atoms with Crippen molar-refractivity contribution in [1.29, 1.82) is 0 Å². The Morgan fingerprint density at radius 3 is 2.61 bits per heavy atom. The minimum absolute atomic E-state index is 0.0189. The Kier molecular flexibility index (Phi) is 4.92. The summed E-state index contributed by atoms with van der Waals surface area (Å²) in [4.78, 5) is 26.7. The van der Waals surface area contributed by atoms with Gasteiger partial charge in [-0.05, 0) is 37.6 Å². The molecule has 1 aliphatic heterocycles. The molecule has 142 valence electrons. The first kappa shape index (κ1) is 18.3. The third-order valence-electron chi connectivity index (χ3n) is 4.86. The Morgan fingerprint density at radius 1 is 1.11 bits per heavy atom. The van der Waals surface area contributed by atoms with Crippen molar-refractivity contribution in [2.75, 3.05) is 16.8 Å². The van der Waals surface area contributed by atoms with Gasteiger partial charge in [0, 0.05) is 30.1 Å². The molecule has 1 atom stereocenters. The number of hydrogen-bond acceptors (Lipinski definition) is 5. The van der Waals surface area contributed by atoms with Crippen LogP contribution in [0.5, 0.6) is 0 Å². The monoisotopic (exact) mass is 392 g/mol. The van der Waals surface area contributed by atoms with Gasteiger partial charge in [0.25, 0.3) is 5.91 Å². The number of para-hydroxylation sites is 1. The lowest BCUT2D eigenvalue weighted by Crippen LogP contribution is -2.25. The number of anilines is 2. The number of carbonyl (C=O) groups is 2. The highest BCUT2D eigenvalue weighted by Crippen LogP contribution is 2.35. The van der Waals surface area contributed by atoms with E-state index in [1.165, 1.54) is 11.3 Å². The van der Waals surface area contributed by atoms with E-state index in [0.717, 1.165) is 21.8 Å². The lowest BCUT2D eigenvalue weighted by Gasteiger charge is -2.18. The van der Waals surface area contributed by atoms with Gasteiger partial charge < -0.3 is 4.90 Å². The van der Waals surface area contributed by atoms with Crippen LogP contribution in [-0.4, -0.2) is 28.6 Å². The number of aromatic nitrogens is 2. The molecule has 0 saturated carbocycles. The molecule has 2 heterocycles. The summed E-state index contributed by atoms with van der Waals surface area (Å²) >= 11 is 1.33. The summed E-state index contributed by atoms with van der Waals surface area (Å²) in [5.41, 5.74) is 3.68. The molecule has 6 nitrogen and oxygen atoms in total. The predicted molar refractivity (Wildman–Crippen MR) is 110 cm³/mol. The van der Waals surface area contributed by atoms with Gasteiger partial charge in [-0.15, -0.1) is 10.2 Å². The molecule has 4 rings (SSSR count). The first-order chi connectivity index (χ1) is 13.5. The van der Waals surface area contributed by atoms with Crippen molar-refractivity contribution in [3.63, 3.8) is 0 Å². The molecule has 2 amide bonds. The second-order valence-electron chi connectivity index (χ2n) is 6.96. The van der Waals surface area contributed by atoms with Crippen LogP contribution in [0.3, 0.4) is 0 Å². The molecule has 0 bridgehead atoms. The zero-order valence-corrected chi connectivity index (χ0v) is 16.5. The third kappa shape index (κ3) is 3.66. The summed E-state index contributed by atoms with van der Waals surface area (Å²) in [5, 5.41) is 12.3. The number of hydrogen-bond donors (Lipinski definition) is 1. The summed E-state index contributed by atoms with van der Waals surface area (Å²) in [7, 11) is 0. The van der Waals surface area contributed by atoms with Crippen molar-refractivity contribution >= 4 is 34.0 Å². The molecule has 0 unspecified atom stereocenters. The number of carbonyl (C=O) groups excluding carboxylic acids is 2. The third-order valence-corrected chi connectivity index (χ3v) is 5.86. The molecule has 3 aromatic rings. The molecule has 28 heavy (non-hydrogen) atoms.